The lowest BCUT2D eigenvalue weighted by molar-refractivity contribution is 0.302. The first kappa shape index (κ1) is 24.0. The standard InChI is InChI=1S/C27H25Br2N7O/c28-21-15-19(16-22(29)23(21)37-17-18-9-3-1-4-10-18)24-33-34-26-31-25(30-20-11-5-2-6-12-20)32-27(36(24)26)35-13-7-8-14-35/h1-6,9-12,15-16,26,34H,7-8,13-14,17H2,(H,30,31). The Morgan fingerprint density at radius 2 is 1.62 bits per heavy atom. The number of anilines is 1. The van der Waals surface area contributed by atoms with Gasteiger partial charge in [-0.2, -0.15) is 10.1 Å². The minimum Gasteiger partial charge on any atom is -0.487 e. The van der Waals surface area contributed by atoms with Crippen molar-refractivity contribution in [1.29, 1.82) is 0 Å². The number of likely N-dealkylation sites (tertiary alicyclic amines) is 1. The molecule has 0 saturated carbocycles. The molecule has 3 aromatic rings. The van der Waals surface area contributed by atoms with E-state index in [1.54, 1.807) is 0 Å². The van der Waals surface area contributed by atoms with Gasteiger partial charge in [0.1, 0.15) is 12.4 Å². The van der Waals surface area contributed by atoms with Crippen LogP contribution in [0.4, 0.5) is 5.69 Å². The predicted octanol–water partition coefficient (Wildman–Crippen LogP) is 5.57. The Balaban J connectivity index is 1.27. The van der Waals surface area contributed by atoms with Crippen molar-refractivity contribution in [3.05, 3.63) is 92.9 Å². The first-order valence-corrected chi connectivity index (χ1v) is 13.8. The Morgan fingerprint density at radius 3 is 2.32 bits per heavy atom. The van der Waals surface area contributed by atoms with Crippen LogP contribution in [0.1, 0.15) is 24.0 Å². The molecule has 37 heavy (non-hydrogen) atoms. The number of aliphatic imine (C=N–C) groups is 2. The molecule has 1 fully saturated rings. The maximum absolute atomic E-state index is 6.13. The van der Waals surface area contributed by atoms with Crippen LogP contribution >= 0.6 is 31.9 Å². The third kappa shape index (κ3) is 5.08. The summed E-state index contributed by atoms with van der Waals surface area (Å²) in [6, 6.07) is 24.1. The number of halogens is 2. The van der Waals surface area contributed by atoms with Crippen LogP contribution in [0.25, 0.3) is 0 Å². The van der Waals surface area contributed by atoms with E-state index in [1.165, 1.54) is 0 Å². The number of rotatable bonds is 5. The summed E-state index contributed by atoms with van der Waals surface area (Å²) < 4.78 is 7.80. The summed E-state index contributed by atoms with van der Waals surface area (Å²) in [5, 5.41) is 8.03. The summed E-state index contributed by atoms with van der Waals surface area (Å²) in [4.78, 5) is 14.1. The molecule has 0 spiro atoms. The molecule has 2 N–H and O–H groups in total. The van der Waals surface area contributed by atoms with Gasteiger partial charge in [-0.15, -0.1) is 0 Å². The van der Waals surface area contributed by atoms with Gasteiger partial charge in [-0.3, -0.25) is 10.3 Å². The van der Waals surface area contributed by atoms with Crippen molar-refractivity contribution in [3.8, 4) is 5.75 Å². The molecule has 1 atom stereocenters. The number of para-hydroxylation sites is 1. The van der Waals surface area contributed by atoms with Gasteiger partial charge in [0.15, 0.2) is 5.84 Å². The molecule has 0 amide bonds. The number of hydrazone groups is 1. The maximum atomic E-state index is 6.13. The molecule has 3 heterocycles. The van der Waals surface area contributed by atoms with Gasteiger partial charge >= 0.3 is 0 Å². The monoisotopic (exact) mass is 621 g/mol. The zero-order valence-corrected chi connectivity index (χ0v) is 23.1. The molecule has 3 aliphatic heterocycles. The van der Waals surface area contributed by atoms with E-state index >= 15 is 0 Å². The quantitative estimate of drug-likeness (QED) is 0.389. The number of hydrogen-bond acceptors (Lipinski definition) is 8. The Kier molecular flexibility index (Phi) is 6.84. The van der Waals surface area contributed by atoms with Crippen LogP contribution in [0, 0.1) is 0 Å². The summed E-state index contributed by atoms with van der Waals surface area (Å²) in [7, 11) is 0. The zero-order valence-electron chi connectivity index (χ0n) is 19.9. The predicted molar refractivity (Wildman–Crippen MR) is 154 cm³/mol. The van der Waals surface area contributed by atoms with Crippen molar-refractivity contribution in [3.63, 3.8) is 0 Å². The Bertz CT molecular complexity index is 1350. The van der Waals surface area contributed by atoms with Gasteiger partial charge < -0.3 is 15.0 Å². The van der Waals surface area contributed by atoms with E-state index in [-0.39, 0.29) is 6.29 Å². The number of amidine groups is 1. The third-order valence-electron chi connectivity index (χ3n) is 6.33. The van der Waals surface area contributed by atoms with Gasteiger partial charge in [0.2, 0.25) is 18.2 Å². The molecule has 0 aromatic heterocycles. The molecular formula is C27H25Br2N7O. The maximum Gasteiger partial charge on any atom is 0.229 e. The highest BCUT2D eigenvalue weighted by Gasteiger charge is 2.39. The van der Waals surface area contributed by atoms with Gasteiger partial charge in [0.05, 0.1) is 8.95 Å². The van der Waals surface area contributed by atoms with E-state index in [4.69, 9.17) is 14.7 Å². The van der Waals surface area contributed by atoms with Crippen LogP contribution in [0.2, 0.25) is 0 Å². The topological polar surface area (TPSA) is 76.8 Å². The number of fused-ring (bicyclic) bond motifs is 1. The van der Waals surface area contributed by atoms with Crippen molar-refractivity contribution in [2.75, 3.05) is 18.4 Å². The number of hydrogen-bond donors (Lipinski definition) is 2. The molecule has 188 valence electrons. The summed E-state index contributed by atoms with van der Waals surface area (Å²) in [5.74, 6) is 2.91. The van der Waals surface area contributed by atoms with E-state index in [0.29, 0.717) is 12.6 Å². The first-order chi connectivity index (χ1) is 18.2. The van der Waals surface area contributed by atoms with Crippen molar-refractivity contribution in [2.45, 2.75) is 25.7 Å². The summed E-state index contributed by atoms with van der Waals surface area (Å²) in [5.41, 5.74) is 6.16. The minimum atomic E-state index is -0.388. The van der Waals surface area contributed by atoms with E-state index in [9.17, 15) is 0 Å². The van der Waals surface area contributed by atoms with Crippen LogP contribution in [0.5, 0.6) is 5.75 Å². The fourth-order valence-electron chi connectivity index (χ4n) is 4.54. The lowest BCUT2D eigenvalue weighted by Crippen LogP contribution is -2.53. The molecule has 8 nitrogen and oxygen atoms in total. The number of guanidine groups is 2. The normalized spacial score (nSPS) is 18.5. The minimum absolute atomic E-state index is 0.388. The summed E-state index contributed by atoms with van der Waals surface area (Å²) in [6.07, 6.45) is 1.89. The van der Waals surface area contributed by atoms with E-state index in [1.807, 2.05) is 72.8 Å². The van der Waals surface area contributed by atoms with E-state index in [0.717, 1.165) is 69.2 Å². The van der Waals surface area contributed by atoms with Gasteiger partial charge in [0.25, 0.3) is 0 Å². The van der Waals surface area contributed by atoms with E-state index in [2.05, 4.69) is 57.5 Å². The second-order valence-electron chi connectivity index (χ2n) is 8.90. The number of nitrogens with zero attached hydrogens (tertiary/aromatic N) is 5. The van der Waals surface area contributed by atoms with Gasteiger partial charge in [-0.25, -0.2) is 4.99 Å². The van der Waals surface area contributed by atoms with Crippen molar-refractivity contribution < 1.29 is 4.74 Å². The highest BCUT2D eigenvalue weighted by molar-refractivity contribution is 9.11. The number of nitrogens with one attached hydrogen (secondary N) is 2. The molecule has 3 aliphatic rings. The number of benzene rings is 3. The molecule has 10 heteroatoms. The average molecular weight is 623 g/mol. The largest absolute Gasteiger partial charge is 0.487 e. The van der Waals surface area contributed by atoms with Crippen LogP contribution in [0.15, 0.2) is 96.8 Å². The Hall–Kier alpha value is -3.37. The van der Waals surface area contributed by atoms with Crippen molar-refractivity contribution in [1.82, 2.24) is 15.2 Å². The van der Waals surface area contributed by atoms with Crippen LogP contribution < -0.4 is 15.5 Å². The van der Waals surface area contributed by atoms with Crippen molar-refractivity contribution in [2.24, 2.45) is 15.1 Å². The smallest absolute Gasteiger partial charge is 0.229 e. The molecule has 0 bridgehead atoms. The second kappa shape index (κ2) is 10.5. The molecule has 1 saturated heterocycles. The fourth-order valence-corrected chi connectivity index (χ4v) is 5.96. The van der Waals surface area contributed by atoms with Crippen LogP contribution in [-0.2, 0) is 6.61 Å². The fraction of sp³-hybridized carbons (Fsp3) is 0.222. The second-order valence-corrected chi connectivity index (χ2v) is 10.6. The molecule has 0 aliphatic carbocycles. The lowest BCUT2D eigenvalue weighted by Gasteiger charge is -2.34. The first-order valence-electron chi connectivity index (χ1n) is 12.2. The van der Waals surface area contributed by atoms with Crippen LogP contribution in [0.3, 0.4) is 0 Å². The molecule has 1 unspecified atom stereocenters. The van der Waals surface area contributed by atoms with Gasteiger partial charge in [-0.1, -0.05) is 48.5 Å². The molecule has 3 aromatic carbocycles. The molecular weight excluding hydrogens is 598 g/mol. The average Bonchev–Trinajstić information content (AvgIpc) is 3.60. The van der Waals surface area contributed by atoms with Gasteiger partial charge in [-0.05, 0) is 74.5 Å². The highest BCUT2D eigenvalue weighted by Crippen LogP contribution is 2.36. The molecule has 0 radical (unpaired) electrons. The SMILES string of the molecule is Brc1cc(C2=NNC3N=C(Nc4ccccc4)N=C(N4CCCC4)N23)cc(Br)c1OCc1ccccc1. The molecule has 6 rings (SSSR count). The summed E-state index contributed by atoms with van der Waals surface area (Å²) in [6.45, 7) is 2.38. The van der Waals surface area contributed by atoms with Crippen molar-refractivity contribution >= 4 is 55.3 Å². The van der Waals surface area contributed by atoms with Gasteiger partial charge in [0, 0.05) is 24.3 Å². The highest BCUT2D eigenvalue weighted by atomic mass is 79.9. The third-order valence-corrected chi connectivity index (χ3v) is 7.50. The Morgan fingerprint density at radius 1 is 0.946 bits per heavy atom. The number of ether oxygens (including phenoxy) is 1. The zero-order chi connectivity index (χ0) is 25.2. The van der Waals surface area contributed by atoms with E-state index < -0.39 is 0 Å². The van der Waals surface area contributed by atoms with Crippen LogP contribution in [-0.4, -0.2) is 46.9 Å². The Labute approximate surface area is 232 Å². The summed E-state index contributed by atoms with van der Waals surface area (Å²) >= 11 is 7.42. The lowest BCUT2D eigenvalue weighted by atomic mass is 10.2.